The van der Waals surface area contributed by atoms with Crippen LogP contribution in [0.2, 0.25) is 0 Å². The fraction of sp³-hybridized carbons (Fsp3) is 0. The van der Waals surface area contributed by atoms with Gasteiger partial charge in [0, 0.05) is 16.3 Å². The van der Waals surface area contributed by atoms with Gasteiger partial charge in [-0.05, 0) is 0 Å². The molecule has 1 N–H and O–H groups in total. The van der Waals surface area contributed by atoms with Gasteiger partial charge in [-0.2, -0.15) is 0 Å². The summed E-state index contributed by atoms with van der Waals surface area (Å²) in [7, 11) is 0. The first-order valence-electron chi connectivity index (χ1n) is 6.26. The van der Waals surface area contributed by atoms with Crippen LogP contribution in [-0.4, -0.2) is 19.8 Å². The first-order chi connectivity index (χ1) is 9.84. The molecule has 0 radical (unpaired) electrons. The number of rotatable bonds is 1. The number of nitrogens with one attached hydrogen (secondary N) is 1. The van der Waals surface area contributed by atoms with Crippen molar-refractivity contribution in [1.82, 2.24) is 19.8 Å². The zero-order chi connectivity index (χ0) is 13.5. The fourth-order valence-electron chi connectivity index (χ4n) is 2.38. The van der Waals surface area contributed by atoms with E-state index >= 15 is 0 Å². The van der Waals surface area contributed by atoms with Crippen LogP contribution in [0.25, 0.3) is 27.8 Å². The van der Waals surface area contributed by atoms with Crippen LogP contribution in [0.5, 0.6) is 0 Å². The van der Waals surface area contributed by atoms with Crippen molar-refractivity contribution in [3.8, 4) is 11.4 Å². The highest BCUT2D eigenvalue weighted by molar-refractivity contribution is 7.71. The third-order valence-corrected chi connectivity index (χ3v) is 3.63. The summed E-state index contributed by atoms with van der Waals surface area (Å²) in [6, 6.07) is 17.9. The molecule has 5 heteroatoms. The summed E-state index contributed by atoms with van der Waals surface area (Å²) in [6.07, 6.45) is 0. The van der Waals surface area contributed by atoms with E-state index in [9.17, 15) is 0 Å². The minimum Gasteiger partial charge on any atom is -0.280 e. The average Bonchev–Trinajstić information content (AvgIpc) is 2.92. The lowest BCUT2D eigenvalue weighted by Crippen LogP contribution is -1.96. The van der Waals surface area contributed by atoms with Gasteiger partial charge in [-0.3, -0.25) is 5.10 Å². The maximum atomic E-state index is 5.42. The summed E-state index contributed by atoms with van der Waals surface area (Å²) >= 11 is 5.42. The minimum absolute atomic E-state index is 0.685. The molecule has 2 aromatic heterocycles. The van der Waals surface area contributed by atoms with Crippen LogP contribution in [0.15, 0.2) is 54.6 Å². The number of nitrogens with zero attached hydrogens (tertiary/aromatic N) is 3. The second-order valence-electron chi connectivity index (χ2n) is 4.54. The van der Waals surface area contributed by atoms with Crippen molar-refractivity contribution >= 4 is 28.6 Å². The predicted molar refractivity (Wildman–Crippen MR) is 81.1 cm³/mol. The van der Waals surface area contributed by atoms with Crippen molar-refractivity contribution in [3.63, 3.8) is 0 Å². The zero-order valence-electron chi connectivity index (χ0n) is 10.4. The van der Waals surface area contributed by atoms with Crippen LogP contribution >= 0.6 is 12.2 Å². The van der Waals surface area contributed by atoms with E-state index in [4.69, 9.17) is 12.2 Å². The molecule has 20 heavy (non-hydrogen) atoms. The first kappa shape index (κ1) is 11.3. The van der Waals surface area contributed by atoms with Crippen LogP contribution < -0.4 is 0 Å². The van der Waals surface area contributed by atoms with Crippen molar-refractivity contribution in [3.05, 3.63) is 59.2 Å². The van der Waals surface area contributed by atoms with Crippen molar-refractivity contribution in [2.75, 3.05) is 0 Å². The van der Waals surface area contributed by atoms with Gasteiger partial charge in [-0.15, -0.1) is 10.2 Å². The quantitative estimate of drug-likeness (QED) is 0.541. The smallest absolute Gasteiger partial charge is 0.184 e. The standard InChI is InChI=1S/C15H10N4S/c20-15-12-9-5-4-8-11(12)14-17-16-13(19(14)18-15)10-6-2-1-3-7-10/h1-9H,(H,18,20). The van der Waals surface area contributed by atoms with E-state index in [1.807, 2.05) is 59.1 Å². The highest BCUT2D eigenvalue weighted by Crippen LogP contribution is 2.23. The lowest BCUT2D eigenvalue weighted by atomic mass is 10.2. The van der Waals surface area contributed by atoms with E-state index in [-0.39, 0.29) is 0 Å². The highest BCUT2D eigenvalue weighted by atomic mass is 32.1. The molecule has 4 rings (SSSR count). The van der Waals surface area contributed by atoms with Gasteiger partial charge in [-0.1, -0.05) is 66.8 Å². The Kier molecular flexibility index (Phi) is 2.40. The second-order valence-corrected chi connectivity index (χ2v) is 4.94. The van der Waals surface area contributed by atoms with Crippen LogP contribution in [0.3, 0.4) is 0 Å². The van der Waals surface area contributed by atoms with Gasteiger partial charge in [0.05, 0.1) is 0 Å². The maximum absolute atomic E-state index is 5.42. The molecule has 0 aliphatic heterocycles. The molecule has 2 heterocycles. The molecule has 0 atom stereocenters. The second kappa shape index (κ2) is 4.25. The fourth-order valence-corrected chi connectivity index (χ4v) is 2.65. The van der Waals surface area contributed by atoms with Gasteiger partial charge in [0.1, 0.15) is 4.64 Å². The molecule has 0 bridgehead atoms. The van der Waals surface area contributed by atoms with E-state index in [0.29, 0.717) is 4.64 Å². The van der Waals surface area contributed by atoms with Crippen molar-refractivity contribution < 1.29 is 0 Å². The van der Waals surface area contributed by atoms with Gasteiger partial charge in [-0.25, -0.2) is 4.52 Å². The summed E-state index contributed by atoms with van der Waals surface area (Å²) in [5, 5.41) is 13.8. The zero-order valence-corrected chi connectivity index (χ0v) is 11.3. The topological polar surface area (TPSA) is 46.0 Å². The molecular formula is C15H10N4S. The van der Waals surface area contributed by atoms with Gasteiger partial charge >= 0.3 is 0 Å². The molecular weight excluding hydrogens is 268 g/mol. The number of hydrogen-bond donors (Lipinski definition) is 1. The monoisotopic (exact) mass is 278 g/mol. The minimum atomic E-state index is 0.685. The Hall–Kier alpha value is -2.53. The number of aromatic amines is 1. The van der Waals surface area contributed by atoms with Crippen LogP contribution in [-0.2, 0) is 0 Å². The molecule has 96 valence electrons. The maximum Gasteiger partial charge on any atom is 0.184 e. The number of fused-ring (bicyclic) bond motifs is 3. The third kappa shape index (κ3) is 1.57. The number of H-pyrrole nitrogens is 1. The molecule has 2 aromatic carbocycles. The van der Waals surface area contributed by atoms with E-state index in [0.717, 1.165) is 27.8 Å². The molecule has 0 aliphatic carbocycles. The Morgan fingerprint density at radius 2 is 1.55 bits per heavy atom. The van der Waals surface area contributed by atoms with Gasteiger partial charge in [0.25, 0.3) is 0 Å². The van der Waals surface area contributed by atoms with Crippen molar-refractivity contribution in [2.24, 2.45) is 0 Å². The van der Waals surface area contributed by atoms with Gasteiger partial charge < -0.3 is 0 Å². The van der Waals surface area contributed by atoms with Crippen LogP contribution in [0.1, 0.15) is 0 Å². The molecule has 0 saturated heterocycles. The molecule has 0 amide bonds. The summed E-state index contributed by atoms with van der Waals surface area (Å²) in [6.45, 7) is 0. The summed E-state index contributed by atoms with van der Waals surface area (Å²) in [4.78, 5) is 0. The number of benzene rings is 2. The molecule has 0 unspecified atom stereocenters. The van der Waals surface area contributed by atoms with E-state index < -0.39 is 0 Å². The predicted octanol–water partition coefficient (Wildman–Crippen LogP) is 3.61. The third-order valence-electron chi connectivity index (χ3n) is 3.32. The largest absolute Gasteiger partial charge is 0.280 e. The summed E-state index contributed by atoms with van der Waals surface area (Å²) in [5.41, 5.74) is 1.79. The number of hydrogen-bond acceptors (Lipinski definition) is 3. The lowest BCUT2D eigenvalue weighted by Gasteiger charge is -2.03. The Bertz CT molecular complexity index is 969. The Labute approximate surface area is 119 Å². The molecule has 0 spiro atoms. The summed E-state index contributed by atoms with van der Waals surface area (Å²) in [5.74, 6) is 0.762. The summed E-state index contributed by atoms with van der Waals surface area (Å²) < 4.78 is 2.53. The van der Waals surface area contributed by atoms with E-state index in [2.05, 4.69) is 15.3 Å². The van der Waals surface area contributed by atoms with Gasteiger partial charge in [0.15, 0.2) is 11.5 Å². The highest BCUT2D eigenvalue weighted by Gasteiger charge is 2.11. The lowest BCUT2D eigenvalue weighted by molar-refractivity contribution is 0.936. The molecule has 4 aromatic rings. The average molecular weight is 278 g/mol. The van der Waals surface area contributed by atoms with Crippen molar-refractivity contribution in [2.45, 2.75) is 0 Å². The SMILES string of the molecule is S=c1[nH]n2c(-c3ccccc3)nnc2c2ccccc12. The Morgan fingerprint density at radius 3 is 2.35 bits per heavy atom. The molecule has 0 aliphatic rings. The van der Waals surface area contributed by atoms with E-state index in [1.54, 1.807) is 0 Å². The van der Waals surface area contributed by atoms with Crippen LogP contribution in [0, 0.1) is 4.64 Å². The van der Waals surface area contributed by atoms with E-state index in [1.165, 1.54) is 0 Å². The van der Waals surface area contributed by atoms with Crippen molar-refractivity contribution in [1.29, 1.82) is 0 Å². The van der Waals surface area contributed by atoms with Gasteiger partial charge in [0.2, 0.25) is 0 Å². The normalized spacial score (nSPS) is 11.2. The Morgan fingerprint density at radius 1 is 0.850 bits per heavy atom. The van der Waals surface area contributed by atoms with Crippen LogP contribution in [0.4, 0.5) is 0 Å². The molecule has 0 saturated carbocycles. The molecule has 4 nitrogen and oxygen atoms in total. The number of aromatic nitrogens is 4. The Balaban J connectivity index is 2.15. The first-order valence-corrected chi connectivity index (χ1v) is 6.67. The molecule has 0 fully saturated rings.